The SMILES string of the molecule is CCOc1cc(/C=C(/C#N)c2nc3ccc(C)cc3[nH]2)ccc1OCc1ccc(Cl)cc1Cl. The van der Waals surface area contributed by atoms with Crippen LogP contribution >= 0.6 is 23.2 Å². The molecular formula is C26H21Cl2N3O2. The number of aromatic nitrogens is 2. The summed E-state index contributed by atoms with van der Waals surface area (Å²) in [7, 11) is 0. The predicted octanol–water partition coefficient (Wildman–Crippen LogP) is 7.22. The predicted molar refractivity (Wildman–Crippen MR) is 133 cm³/mol. The first-order valence-electron chi connectivity index (χ1n) is 10.4. The van der Waals surface area contributed by atoms with Crippen LogP contribution in [0.5, 0.6) is 11.5 Å². The minimum Gasteiger partial charge on any atom is -0.490 e. The van der Waals surface area contributed by atoms with Crippen molar-refractivity contribution in [3.8, 4) is 17.6 Å². The van der Waals surface area contributed by atoms with Crippen molar-refractivity contribution in [3.63, 3.8) is 0 Å². The number of fused-ring (bicyclic) bond motifs is 1. The first-order valence-corrected chi connectivity index (χ1v) is 11.1. The first kappa shape index (κ1) is 22.7. The molecule has 0 unspecified atom stereocenters. The highest BCUT2D eigenvalue weighted by molar-refractivity contribution is 6.35. The lowest BCUT2D eigenvalue weighted by molar-refractivity contribution is 0.269. The number of nitrogens with one attached hydrogen (secondary N) is 1. The van der Waals surface area contributed by atoms with Crippen LogP contribution in [-0.2, 0) is 6.61 Å². The van der Waals surface area contributed by atoms with E-state index in [-0.39, 0.29) is 6.61 Å². The second-order valence-electron chi connectivity index (χ2n) is 7.44. The zero-order chi connectivity index (χ0) is 23.4. The third-order valence-corrected chi connectivity index (χ3v) is 5.58. The van der Waals surface area contributed by atoms with Gasteiger partial charge >= 0.3 is 0 Å². The number of rotatable bonds is 7. The molecule has 0 bridgehead atoms. The van der Waals surface area contributed by atoms with Gasteiger partial charge in [0.05, 0.1) is 23.2 Å². The lowest BCUT2D eigenvalue weighted by atomic mass is 10.1. The number of nitriles is 1. The number of allylic oxidation sites excluding steroid dienone is 1. The van der Waals surface area contributed by atoms with E-state index in [0.717, 1.165) is 27.7 Å². The van der Waals surface area contributed by atoms with Crippen LogP contribution in [0.4, 0.5) is 0 Å². The summed E-state index contributed by atoms with van der Waals surface area (Å²) in [6.07, 6.45) is 1.77. The molecule has 7 heteroatoms. The number of H-pyrrole nitrogens is 1. The number of benzene rings is 3. The maximum Gasteiger partial charge on any atom is 0.161 e. The van der Waals surface area contributed by atoms with Crippen LogP contribution < -0.4 is 9.47 Å². The van der Waals surface area contributed by atoms with Crippen molar-refractivity contribution < 1.29 is 9.47 Å². The number of aromatic amines is 1. The maximum absolute atomic E-state index is 9.75. The second-order valence-corrected chi connectivity index (χ2v) is 8.28. The van der Waals surface area contributed by atoms with E-state index in [2.05, 4.69) is 16.0 Å². The number of aryl methyl sites for hydroxylation is 1. The molecule has 4 aromatic rings. The molecule has 0 aliphatic carbocycles. The molecule has 5 nitrogen and oxygen atoms in total. The van der Waals surface area contributed by atoms with E-state index in [0.29, 0.717) is 39.5 Å². The van der Waals surface area contributed by atoms with Crippen molar-refractivity contribution in [1.29, 1.82) is 5.26 Å². The highest BCUT2D eigenvalue weighted by Crippen LogP contribution is 2.32. The zero-order valence-corrected chi connectivity index (χ0v) is 19.7. The third kappa shape index (κ3) is 5.31. The largest absolute Gasteiger partial charge is 0.490 e. The van der Waals surface area contributed by atoms with Gasteiger partial charge in [-0.15, -0.1) is 0 Å². The van der Waals surface area contributed by atoms with E-state index < -0.39 is 0 Å². The summed E-state index contributed by atoms with van der Waals surface area (Å²) >= 11 is 12.2. The lowest BCUT2D eigenvalue weighted by Crippen LogP contribution is -2.00. The van der Waals surface area contributed by atoms with E-state index in [1.54, 1.807) is 18.2 Å². The molecule has 0 saturated carbocycles. The Bertz CT molecular complexity index is 1390. The Kier molecular flexibility index (Phi) is 6.88. The molecule has 3 aromatic carbocycles. The van der Waals surface area contributed by atoms with Crippen molar-refractivity contribution in [2.24, 2.45) is 0 Å². The van der Waals surface area contributed by atoms with E-state index in [9.17, 15) is 5.26 Å². The molecule has 0 aliphatic rings. The molecule has 33 heavy (non-hydrogen) atoms. The van der Waals surface area contributed by atoms with Gasteiger partial charge in [-0.1, -0.05) is 41.4 Å². The van der Waals surface area contributed by atoms with Crippen LogP contribution in [0.15, 0.2) is 54.6 Å². The smallest absolute Gasteiger partial charge is 0.161 e. The van der Waals surface area contributed by atoms with E-state index >= 15 is 0 Å². The van der Waals surface area contributed by atoms with Gasteiger partial charge in [0.1, 0.15) is 18.5 Å². The third-order valence-electron chi connectivity index (χ3n) is 4.99. The number of imidazole rings is 1. The van der Waals surface area contributed by atoms with Crippen molar-refractivity contribution >= 4 is 45.9 Å². The van der Waals surface area contributed by atoms with E-state index in [1.165, 1.54) is 0 Å². The highest BCUT2D eigenvalue weighted by Gasteiger charge is 2.11. The summed E-state index contributed by atoms with van der Waals surface area (Å²) in [6.45, 7) is 4.66. The normalized spacial score (nSPS) is 11.4. The number of ether oxygens (including phenoxy) is 2. The molecule has 1 heterocycles. The highest BCUT2D eigenvalue weighted by atomic mass is 35.5. The average Bonchev–Trinajstić information content (AvgIpc) is 3.21. The van der Waals surface area contributed by atoms with Gasteiger partial charge in [-0.2, -0.15) is 5.26 Å². The zero-order valence-electron chi connectivity index (χ0n) is 18.2. The summed E-state index contributed by atoms with van der Waals surface area (Å²) < 4.78 is 11.7. The molecule has 4 rings (SSSR count). The average molecular weight is 478 g/mol. The van der Waals surface area contributed by atoms with Gasteiger partial charge in [0.15, 0.2) is 11.5 Å². The van der Waals surface area contributed by atoms with Gasteiger partial charge in [-0.05, 0) is 67.4 Å². The molecule has 0 atom stereocenters. The fourth-order valence-corrected chi connectivity index (χ4v) is 3.83. The molecule has 0 radical (unpaired) electrons. The van der Waals surface area contributed by atoms with Gasteiger partial charge in [0, 0.05) is 15.6 Å². The minimum atomic E-state index is 0.271. The first-order chi connectivity index (χ1) is 16.0. The fraction of sp³-hybridized carbons (Fsp3) is 0.154. The Labute approximate surface area is 202 Å². The van der Waals surface area contributed by atoms with Gasteiger partial charge in [-0.25, -0.2) is 4.98 Å². The van der Waals surface area contributed by atoms with E-state index in [4.69, 9.17) is 32.7 Å². The Balaban J connectivity index is 1.61. The Morgan fingerprint density at radius 2 is 1.91 bits per heavy atom. The quantitative estimate of drug-likeness (QED) is 0.285. The van der Waals surface area contributed by atoms with Crippen LogP contribution in [0.1, 0.15) is 29.4 Å². The van der Waals surface area contributed by atoms with E-state index in [1.807, 2.05) is 56.3 Å². The summed E-state index contributed by atoms with van der Waals surface area (Å²) in [4.78, 5) is 7.78. The van der Waals surface area contributed by atoms with Crippen molar-refractivity contribution in [3.05, 3.63) is 87.2 Å². The molecule has 1 N–H and O–H groups in total. The molecular weight excluding hydrogens is 457 g/mol. The molecule has 0 amide bonds. The Morgan fingerprint density at radius 3 is 2.67 bits per heavy atom. The van der Waals surface area contributed by atoms with Crippen LogP contribution in [0.2, 0.25) is 10.0 Å². The summed E-state index contributed by atoms with van der Waals surface area (Å²) in [5.41, 5.74) is 4.87. The van der Waals surface area contributed by atoms with Gasteiger partial charge < -0.3 is 14.5 Å². The summed E-state index contributed by atoms with van der Waals surface area (Å²) in [5, 5.41) is 10.9. The molecule has 0 fully saturated rings. The van der Waals surface area contributed by atoms with Crippen molar-refractivity contribution in [2.75, 3.05) is 6.61 Å². The minimum absolute atomic E-state index is 0.271. The lowest BCUT2D eigenvalue weighted by Gasteiger charge is -2.13. The van der Waals surface area contributed by atoms with Gasteiger partial charge in [0.2, 0.25) is 0 Å². The number of nitrogens with zero attached hydrogens (tertiary/aromatic N) is 2. The molecule has 0 saturated heterocycles. The second kappa shape index (κ2) is 9.99. The van der Waals surface area contributed by atoms with Crippen molar-refractivity contribution in [2.45, 2.75) is 20.5 Å². The standard InChI is InChI=1S/C26H21Cl2N3O2/c1-3-32-25-12-17(5-9-24(25)33-15-18-6-7-20(27)13-21(18)28)11-19(14-29)26-30-22-8-4-16(2)10-23(22)31-26/h4-13H,3,15H2,1-2H3,(H,30,31)/b19-11-. The Morgan fingerprint density at radius 1 is 1.06 bits per heavy atom. The maximum atomic E-state index is 9.75. The van der Waals surface area contributed by atoms with Crippen LogP contribution in [0.3, 0.4) is 0 Å². The van der Waals surface area contributed by atoms with Crippen LogP contribution in [0, 0.1) is 18.3 Å². The van der Waals surface area contributed by atoms with Crippen LogP contribution in [-0.4, -0.2) is 16.6 Å². The number of hydrogen-bond acceptors (Lipinski definition) is 4. The van der Waals surface area contributed by atoms with Crippen LogP contribution in [0.25, 0.3) is 22.7 Å². The molecule has 0 spiro atoms. The fourth-order valence-electron chi connectivity index (χ4n) is 3.37. The molecule has 1 aromatic heterocycles. The number of hydrogen-bond donors (Lipinski definition) is 1. The molecule has 166 valence electrons. The summed E-state index contributed by atoms with van der Waals surface area (Å²) in [6, 6.07) is 19.0. The summed E-state index contributed by atoms with van der Waals surface area (Å²) in [5.74, 6) is 1.68. The van der Waals surface area contributed by atoms with Gasteiger partial charge in [0.25, 0.3) is 0 Å². The monoisotopic (exact) mass is 477 g/mol. The Hall–Kier alpha value is -3.46. The topological polar surface area (TPSA) is 70.9 Å². The van der Waals surface area contributed by atoms with Gasteiger partial charge in [-0.3, -0.25) is 0 Å². The number of halogens is 2. The molecule has 0 aliphatic heterocycles. The van der Waals surface area contributed by atoms with Crippen molar-refractivity contribution in [1.82, 2.24) is 9.97 Å².